The van der Waals surface area contributed by atoms with E-state index in [9.17, 15) is 15.8 Å². The number of rotatable bonds is 2. The van der Waals surface area contributed by atoms with E-state index in [0.717, 1.165) is 65.8 Å². The molecule has 0 aliphatic rings. The zero-order chi connectivity index (χ0) is 30.2. The molecule has 0 saturated heterocycles. The predicted octanol–water partition coefficient (Wildman–Crippen LogP) is 9.86. The minimum absolute atomic E-state index is 0.584. The fourth-order valence-electron chi connectivity index (χ4n) is 6.90. The summed E-state index contributed by atoms with van der Waals surface area (Å²) in [6.45, 7) is 0. The minimum Gasteiger partial charge on any atom is -0.309 e. The topological polar surface area (TPSA) is 81.2 Å². The van der Waals surface area contributed by atoms with Crippen LogP contribution in [0.4, 0.5) is 0 Å². The molecule has 0 radical (unpaired) electrons. The first kappa shape index (κ1) is 25.1. The van der Waals surface area contributed by atoms with Gasteiger partial charge in [-0.05, 0) is 78.9 Å². The number of hydrogen-bond acceptors (Lipinski definition) is 4. The molecule has 3 heterocycles. The summed E-state index contributed by atoms with van der Waals surface area (Å²) in [5.74, 6) is 0. The highest BCUT2D eigenvalue weighted by Gasteiger charge is 2.20. The van der Waals surface area contributed by atoms with Crippen LogP contribution in [0.15, 0.2) is 115 Å². The van der Waals surface area contributed by atoms with Crippen LogP contribution in [0.3, 0.4) is 0 Å². The van der Waals surface area contributed by atoms with Gasteiger partial charge in [-0.3, -0.25) is 0 Å². The van der Waals surface area contributed by atoms with Gasteiger partial charge in [0, 0.05) is 37.0 Å². The molecule has 5 nitrogen and oxygen atoms in total. The first-order valence-electron chi connectivity index (χ1n) is 14.5. The van der Waals surface area contributed by atoms with Crippen LogP contribution in [-0.4, -0.2) is 9.13 Å². The summed E-state index contributed by atoms with van der Waals surface area (Å²) in [5, 5.41) is 35.3. The van der Waals surface area contributed by atoms with E-state index >= 15 is 0 Å². The number of aromatic nitrogens is 2. The number of fused-ring (bicyclic) bond motifs is 9. The average molecular weight is 590 g/mol. The van der Waals surface area contributed by atoms with E-state index in [2.05, 4.69) is 88.0 Å². The van der Waals surface area contributed by atoms with Gasteiger partial charge in [-0.25, -0.2) is 0 Å². The quantitative estimate of drug-likeness (QED) is 0.201. The Bertz CT molecular complexity index is 2790. The molecular formula is C39H19N5S. The Kier molecular flexibility index (Phi) is 5.20. The maximum absolute atomic E-state index is 9.66. The summed E-state index contributed by atoms with van der Waals surface area (Å²) in [6, 6.07) is 45.6. The Labute approximate surface area is 260 Å². The second kappa shape index (κ2) is 9.30. The minimum atomic E-state index is 0.584. The van der Waals surface area contributed by atoms with Gasteiger partial charge in [-0.15, -0.1) is 11.3 Å². The van der Waals surface area contributed by atoms with Gasteiger partial charge in [0.05, 0.1) is 73.0 Å². The van der Waals surface area contributed by atoms with Crippen molar-refractivity contribution in [2.24, 2.45) is 0 Å². The fraction of sp³-hybridized carbons (Fsp3) is 0. The third kappa shape index (κ3) is 3.45. The summed E-state index contributed by atoms with van der Waals surface area (Å²) < 4.78 is 6.92. The van der Waals surface area contributed by atoms with Crippen LogP contribution >= 0.6 is 11.3 Å². The third-order valence-corrected chi connectivity index (χ3v) is 9.98. The van der Waals surface area contributed by atoms with E-state index in [1.807, 2.05) is 54.6 Å². The molecule has 0 unspecified atom stereocenters. The summed E-state index contributed by atoms with van der Waals surface area (Å²) in [5.41, 5.74) is 8.07. The predicted molar refractivity (Wildman–Crippen MR) is 182 cm³/mol. The van der Waals surface area contributed by atoms with E-state index in [1.165, 1.54) is 9.40 Å². The monoisotopic (exact) mass is 589 g/mol. The SMILES string of the molecule is N#Cc1ccc2c(c1)c1ccccc1n2-c1cccc2c1sc1cccc(-n3c4ccc(C#N)cc4c4cc(C#N)ccc43)c12. The fourth-order valence-corrected chi connectivity index (χ4v) is 8.13. The van der Waals surface area contributed by atoms with Crippen LogP contribution in [0, 0.1) is 34.0 Å². The van der Waals surface area contributed by atoms with Gasteiger partial charge in [0.25, 0.3) is 0 Å². The number of nitrogens with zero attached hydrogens (tertiary/aromatic N) is 5. The van der Waals surface area contributed by atoms with Crippen molar-refractivity contribution in [3.63, 3.8) is 0 Å². The van der Waals surface area contributed by atoms with E-state index in [0.29, 0.717) is 16.7 Å². The molecule has 0 bridgehead atoms. The molecule has 9 aromatic rings. The first-order valence-corrected chi connectivity index (χ1v) is 15.3. The lowest BCUT2D eigenvalue weighted by atomic mass is 10.1. The van der Waals surface area contributed by atoms with Crippen LogP contribution in [0.1, 0.15) is 16.7 Å². The molecule has 0 saturated carbocycles. The van der Waals surface area contributed by atoms with Gasteiger partial charge in [0.1, 0.15) is 0 Å². The Morgan fingerprint density at radius 1 is 0.444 bits per heavy atom. The molecule has 9 rings (SSSR count). The molecule has 0 N–H and O–H groups in total. The van der Waals surface area contributed by atoms with Crippen LogP contribution in [0.5, 0.6) is 0 Å². The standard InChI is InChI=1S/C39H19N5S/c40-20-23-11-14-32-28(17-23)26-5-1-2-7-31(26)44(32)36-9-3-6-27-38-35(8-4-10-37(38)45-39(27)36)43-33-15-12-24(21-41)18-29(33)30-19-25(22-42)13-16-34(30)43/h1-19H. The summed E-state index contributed by atoms with van der Waals surface area (Å²) >= 11 is 1.77. The van der Waals surface area contributed by atoms with Crippen molar-refractivity contribution in [1.29, 1.82) is 15.8 Å². The molecule has 0 atom stereocenters. The molecule has 0 aliphatic heterocycles. The van der Waals surface area contributed by atoms with Crippen molar-refractivity contribution in [3.8, 4) is 29.6 Å². The van der Waals surface area contributed by atoms with Crippen LogP contribution in [0.25, 0.3) is 75.2 Å². The van der Waals surface area contributed by atoms with Gasteiger partial charge >= 0.3 is 0 Å². The second-order valence-corrected chi connectivity index (χ2v) is 12.2. The molecule has 0 aliphatic carbocycles. The van der Waals surface area contributed by atoms with E-state index in [1.54, 1.807) is 11.3 Å². The van der Waals surface area contributed by atoms with Gasteiger partial charge in [0.2, 0.25) is 0 Å². The molecule has 0 spiro atoms. The summed E-state index contributed by atoms with van der Waals surface area (Å²) in [4.78, 5) is 0. The van der Waals surface area contributed by atoms with Crippen molar-refractivity contribution in [1.82, 2.24) is 9.13 Å². The number of para-hydroxylation sites is 1. The maximum Gasteiger partial charge on any atom is 0.0991 e. The van der Waals surface area contributed by atoms with Crippen molar-refractivity contribution in [3.05, 3.63) is 132 Å². The zero-order valence-electron chi connectivity index (χ0n) is 23.6. The van der Waals surface area contributed by atoms with E-state index < -0.39 is 0 Å². The Balaban J connectivity index is 1.39. The van der Waals surface area contributed by atoms with Gasteiger partial charge < -0.3 is 9.13 Å². The van der Waals surface area contributed by atoms with Crippen LogP contribution in [-0.2, 0) is 0 Å². The van der Waals surface area contributed by atoms with Gasteiger partial charge in [0.15, 0.2) is 0 Å². The summed E-state index contributed by atoms with van der Waals surface area (Å²) in [7, 11) is 0. The van der Waals surface area contributed by atoms with Crippen molar-refractivity contribution >= 4 is 75.1 Å². The van der Waals surface area contributed by atoms with Crippen molar-refractivity contribution < 1.29 is 0 Å². The summed E-state index contributed by atoms with van der Waals surface area (Å²) in [6.07, 6.45) is 0. The first-order chi connectivity index (χ1) is 22.2. The molecular weight excluding hydrogens is 571 g/mol. The average Bonchev–Trinajstić information content (AvgIpc) is 3.75. The van der Waals surface area contributed by atoms with E-state index in [4.69, 9.17) is 0 Å². The second-order valence-electron chi connectivity index (χ2n) is 11.1. The molecule has 206 valence electrons. The molecule has 45 heavy (non-hydrogen) atoms. The van der Waals surface area contributed by atoms with E-state index in [-0.39, 0.29) is 0 Å². The van der Waals surface area contributed by atoms with Crippen LogP contribution < -0.4 is 0 Å². The highest BCUT2D eigenvalue weighted by atomic mass is 32.1. The Morgan fingerprint density at radius 2 is 0.933 bits per heavy atom. The zero-order valence-corrected chi connectivity index (χ0v) is 24.4. The lowest BCUT2D eigenvalue weighted by molar-refractivity contribution is 1.20. The number of nitriles is 3. The lowest BCUT2D eigenvalue weighted by Gasteiger charge is -2.11. The molecule has 0 amide bonds. The number of benzene rings is 6. The Hall–Kier alpha value is -6.39. The third-order valence-electron chi connectivity index (χ3n) is 8.79. The highest BCUT2D eigenvalue weighted by Crippen LogP contribution is 2.44. The van der Waals surface area contributed by atoms with Gasteiger partial charge in [-0.1, -0.05) is 36.4 Å². The molecule has 6 aromatic carbocycles. The Morgan fingerprint density at radius 3 is 1.56 bits per heavy atom. The molecule has 3 aromatic heterocycles. The molecule has 6 heteroatoms. The van der Waals surface area contributed by atoms with Crippen LogP contribution in [0.2, 0.25) is 0 Å². The number of hydrogen-bond donors (Lipinski definition) is 0. The lowest BCUT2D eigenvalue weighted by Crippen LogP contribution is -1.95. The smallest absolute Gasteiger partial charge is 0.0991 e. The maximum atomic E-state index is 9.66. The molecule has 0 fully saturated rings. The van der Waals surface area contributed by atoms with Crippen molar-refractivity contribution in [2.45, 2.75) is 0 Å². The normalized spacial score (nSPS) is 11.5. The van der Waals surface area contributed by atoms with Gasteiger partial charge in [-0.2, -0.15) is 15.8 Å². The van der Waals surface area contributed by atoms with Crippen molar-refractivity contribution in [2.75, 3.05) is 0 Å². The largest absolute Gasteiger partial charge is 0.309 e. The highest BCUT2D eigenvalue weighted by molar-refractivity contribution is 7.26. The number of thiophene rings is 1.